The van der Waals surface area contributed by atoms with Gasteiger partial charge in [-0.05, 0) is 36.4 Å². The molecule has 4 aromatic carbocycles. The van der Waals surface area contributed by atoms with Crippen LogP contribution in [0, 0.1) is 0 Å². The van der Waals surface area contributed by atoms with Crippen molar-refractivity contribution in [3.05, 3.63) is 138 Å². The molecule has 0 atom stereocenters. The van der Waals surface area contributed by atoms with Crippen molar-refractivity contribution >= 4 is 34.7 Å². The molecule has 0 radical (unpaired) electrons. The molecule has 5 rings (SSSR count). The predicted octanol–water partition coefficient (Wildman–Crippen LogP) is 6.08. The highest BCUT2D eigenvalue weighted by molar-refractivity contribution is 6.03. The monoisotopic (exact) mass is 444 g/mol. The van der Waals surface area contributed by atoms with Crippen LogP contribution in [0.2, 0.25) is 0 Å². The molecule has 0 amide bonds. The number of imidazole rings is 1. The van der Waals surface area contributed by atoms with Crippen molar-refractivity contribution in [3.8, 4) is 0 Å². The Labute approximate surface area is 196 Å². The number of rotatable bonds is 5. The highest BCUT2D eigenvalue weighted by atomic mass is 16.5. The van der Waals surface area contributed by atoms with Crippen molar-refractivity contribution in [1.29, 1.82) is 0 Å². The third-order valence-electron chi connectivity index (χ3n) is 5.34. The van der Waals surface area contributed by atoms with Crippen molar-refractivity contribution in [3.63, 3.8) is 0 Å². The van der Waals surface area contributed by atoms with Gasteiger partial charge >= 0.3 is 5.97 Å². The van der Waals surface area contributed by atoms with Crippen molar-refractivity contribution < 1.29 is 14.3 Å². The normalized spacial score (nSPS) is 11.4. The number of esters is 1. The van der Waals surface area contributed by atoms with E-state index < -0.39 is 5.97 Å². The van der Waals surface area contributed by atoms with E-state index in [2.05, 4.69) is 4.98 Å². The Hall–Kier alpha value is -4.77. The first-order valence-corrected chi connectivity index (χ1v) is 10.8. The Balaban J connectivity index is 1.65. The smallest absolute Gasteiger partial charge is 0.343 e. The summed E-state index contributed by atoms with van der Waals surface area (Å²) in [5.74, 6) is -0.0447. The van der Waals surface area contributed by atoms with Crippen LogP contribution in [0.15, 0.2) is 115 Å². The maximum absolute atomic E-state index is 13.5. The molecule has 0 saturated carbocycles. The fraction of sp³-hybridized carbons (Fsp3) is 0. The number of hydrogen-bond acceptors (Lipinski definition) is 4. The summed E-state index contributed by atoms with van der Waals surface area (Å²) in [7, 11) is 0. The molecule has 5 aromatic rings. The minimum atomic E-state index is -0.493. The molecule has 0 aliphatic rings. The van der Waals surface area contributed by atoms with Gasteiger partial charge in [-0.2, -0.15) is 0 Å². The minimum Gasteiger partial charge on any atom is -0.422 e. The fourth-order valence-corrected chi connectivity index (χ4v) is 3.69. The van der Waals surface area contributed by atoms with Crippen molar-refractivity contribution in [2.45, 2.75) is 0 Å². The summed E-state index contributed by atoms with van der Waals surface area (Å²) < 4.78 is 7.37. The second-order valence-electron chi connectivity index (χ2n) is 7.60. The zero-order valence-electron chi connectivity index (χ0n) is 18.2. The number of hydrogen-bond donors (Lipinski definition) is 0. The molecule has 0 aliphatic heterocycles. The number of fused-ring (bicyclic) bond motifs is 1. The van der Waals surface area contributed by atoms with Crippen LogP contribution < -0.4 is 0 Å². The van der Waals surface area contributed by atoms with E-state index in [0.717, 1.165) is 0 Å². The SMILES string of the molecule is O=C(OC(=Cc1nc2ccccc2n1C(=O)c1ccccc1)c1ccccc1)c1ccccc1. The Kier molecular flexibility index (Phi) is 5.82. The van der Waals surface area contributed by atoms with E-state index in [9.17, 15) is 9.59 Å². The molecule has 0 bridgehead atoms. The molecule has 0 saturated heterocycles. The molecule has 0 N–H and O–H groups in total. The van der Waals surface area contributed by atoms with E-state index in [-0.39, 0.29) is 5.91 Å². The number of benzene rings is 4. The minimum absolute atomic E-state index is 0.220. The van der Waals surface area contributed by atoms with Gasteiger partial charge in [0.15, 0.2) is 0 Å². The first-order valence-electron chi connectivity index (χ1n) is 10.8. The van der Waals surface area contributed by atoms with Crippen LogP contribution in [-0.4, -0.2) is 21.4 Å². The standard InChI is InChI=1S/C29H20N2O3/c32-28(22-14-6-2-7-15-22)31-25-19-11-10-18-24(25)30-27(31)20-26(21-12-4-1-5-13-21)34-29(33)23-16-8-3-9-17-23/h1-20H. The maximum atomic E-state index is 13.5. The Morgan fingerprint density at radius 1 is 0.647 bits per heavy atom. The maximum Gasteiger partial charge on any atom is 0.343 e. The number of ether oxygens (including phenoxy) is 1. The van der Waals surface area contributed by atoms with E-state index in [4.69, 9.17) is 4.74 Å². The molecule has 0 unspecified atom stereocenters. The van der Waals surface area contributed by atoms with E-state index in [1.165, 1.54) is 0 Å². The van der Waals surface area contributed by atoms with Gasteiger partial charge in [0.2, 0.25) is 0 Å². The van der Waals surface area contributed by atoms with Crippen LogP contribution in [0.1, 0.15) is 32.1 Å². The number of carbonyl (C=O) groups is 2. The van der Waals surface area contributed by atoms with Gasteiger partial charge in [-0.3, -0.25) is 9.36 Å². The average Bonchev–Trinajstić information content (AvgIpc) is 3.27. The summed E-state index contributed by atoms with van der Waals surface area (Å²) in [5, 5.41) is 0. The van der Waals surface area contributed by atoms with Gasteiger partial charge in [-0.25, -0.2) is 9.78 Å². The third kappa shape index (κ3) is 4.27. The molecule has 164 valence electrons. The molecule has 34 heavy (non-hydrogen) atoms. The lowest BCUT2D eigenvalue weighted by Crippen LogP contribution is -2.14. The Morgan fingerprint density at radius 3 is 1.82 bits per heavy atom. The zero-order chi connectivity index (χ0) is 23.3. The number of aromatic nitrogens is 2. The molecule has 0 aliphatic carbocycles. The zero-order valence-corrected chi connectivity index (χ0v) is 18.2. The number of nitrogens with zero attached hydrogens (tertiary/aromatic N) is 2. The van der Waals surface area contributed by atoms with Crippen LogP contribution in [0.5, 0.6) is 0 Å². The summed E-state index contributed by atoms with van der Waals surface area (Å²) in [4.78, 5) is 31.0. The molecule has 1 heterocycles. The molecule has 5 heteroatoms. The van der Waals surface area contributed by atoms with E-state index in [0.29, 0.717) is 39.3 Å². The molecule has 5 nitrogen and oxygen atoms in total. The molecule has 1 aromatic heterocycles. The van der Waals surface area contributed by atoms with Gasteiger partial charge in [0.25, 0.3) is 5.91 Å². The van der Waals surface area contributed by atoms with Gasteiger partial charge < -0.3 is 4.74 Å². The Bertz CT molecular complexity index is 1490. The lowest BCUT2D eigenvalue weighted by molar-refractivity contribution is 0.0693. The van der Waals surface area contributed by atoms with E-state index in [1.807, 2.05) is 78.9 Å². The third-order valence-corrected chi connectivity index (χ3v) is 5.34. The van der Waals surface area contributed by atoms with Gasteiger partial charge in [-0.1, -0.05) is 78.9 Å². The van der Waals surface area contributed by atoms with E-state index >= 15 is 0 Å². The lowest BCUT2D eigenvalue weighted by atomic mass is 10.1. The first-order chi connectivity index (χ1) is 16.7. The van der Waals surface area contributed by atoms with Crippen LogP contribution in [-0.2, 0) is 4.74 Å². The largest absolute Gasteiger partial charge is 0.422 e. The van der Waals surface area contributed by atoms with Gasteiger partial charge in [0, 0.05) is 17.2 Å². The second kappa shape index (κ2) is 9.38. The molecular weight excluding hydrogens is 424 g/mol. The highest BCUT2D eigenvalue weighted by Gasteiger charge is 2.19. The summed E-state index contributed by atoms with van der Waals surface area (Å²) in [6.45, 7) is 0. The first kappa shape index (κ1) is 21.1. The second-order valence-corrected chi connectivity index (χ2v) is 7.60. The van der Waals surface area contributed by atoms with E-state index in [1.54, 1.807) is 47.0 Å². The summed E-state index contributed by atoms with van der Waals surface area (Å²) in [5.41, 5.74) is 2.99. The number of para-hydroxylation sites is 2. The molecular formula is C29H20N2O3. The Morgan fingerprint density at radius 2 is 1.18 bits per heavy atom. The van der Waals surface area contributed by atoms with Gasteiger partial charge in [0.1, 0.15) is 11.6 Å². The lowest BCUT2D eigenvalue weighted by Gasteiger charge is -2.11. The summed E-state index contributed by atoms with van der Waals surface area (Å²) in [6, 6.07) is 34.5. The fourth-order valence-electron chi connectivity index (χ4n) is 3.69. The summed E-state index contributed by atoms with van der Waals surface area (Å²) >= 11 is 0. The van der Waals surface area contributed by atoms with Gasteiger partial charge in [-0.15, -0.1) is 0 Å². The highest BCUT2D eigenvalue weighted by Crippen LogP contribution is 2.25. The van der Waals surface area contributed by atoms with Crippen LogP contribution in [0.4, 0.5) is 0 Å². The number of carbonyl (C=O) groups excluding carboxylic acids is 2. The average molecular weight is 444 g/mol. The van der Waals surface area contributed by atoms with Crippen molar-refractivity contribution in [1.82, 2.24) is 9.55 Å². The molecule has 0 spiro atoms. The molecule has 0 fully saturated rings. The van der Waals surface area contributed by atoms with Crippen LogP contribution >= 0.6 is 0 Å². The van der Waals surface area contributed by atoms with Gasteiger partial charge in [0.05, 0.1) is 16.6 Å². The quantitative estimate of drug-likeness (QED) is 0.243. The summed E-state index contributed by atoms with van der Waals surface area (Å²) in [6.07, 6.45) is 1.64. The van der Waals surface area contributed by atoms with Crippen LogP contribution in [0.25, 0.3) is 22.9 Å². The predicted molar refractivity (Wildman–Crippen MR) is 132 cm³/mol. The topological polar surface area (TPSA) is 61.2 Å². The van der Waals surface area contributed by atoms with Crippen molar-refractivity contribution in [2.75, 3.05) is 0 Å². The van der Waals surface area contributed by atoms with Crippen molar-refractivity contribution in [2.24, 2.45) is 0 Å². The van der Waals surface area contributed by atoms with Crippen LogP contribution in [0.3, 0.4) is 0 Å².